The zero-order valence-electron chi connectivity index (χ0n) is 14.8. The first kappa shape index (κ1) is 18.6. The molecule has 0 fully saturated rings. The average Bonchev–Trinajstić information content (AvgIpc) is 2.59. The van der Waals surface area contributed by atoms with E-state index in [0.29, 0.717) is 29.0 Å². The second-order valence-electron chi connectivity index (χ2n) is 6.27. The summed E-state index contributed by atoms with van der Waals surface area (Å²) < 4.78 is 10.7. The van der Waals surface area contributed by atoms with Gasteiger partial charge >= 0.3 is 0 Å². The fourth-order valence-electron chi connectivity index (χ4n) is 2.86. The lowest BCUT2D eigenvalue weighted by molar-refractivity contribution is 0.354. The highest BCUT2D eigenvalue weighted by Gasteiger charge is 2.15. The second kappa shape index (κ2) is 8.41. The molecule has 0 bridgehead atoms. The van der Waals surface area contributed by atoms with E-state index in [1.54, 1.807) is 14.2 Å². The standard InChI is InChI=1S/C20H26ClNO2/c1-13(2)15-5-7-16(8-6-15)17(12-22)9-14-10-18(21)20(24-4)19(11-14)23-3/h5-8,10-11,13,17H,9,12,22H2,1-4H3. The molecule has 2 N–H and O–H groups in total. The van der Waals surface area contributed by atoms with Crippen LogP contribution in [0.3, 0.4) is 0 Å². The maximum Gasteiger partial charge on any atom is 0.179 e. The van der Waals surface area contributed by atoms with E-state index < -0.39 is 0 Å². The van der Waals surface area contributed by atoms with E-state index in [-0.39, 0.29) is 5.92 Å². The number of hydrogen-bond donors (Lipinski definition) is 1. The second-order valence-corrected chi connectivity index (χ2v) is 6.68. The quantitative estimate of drug-likeness (QED) is 0.784. The molecule has 2 aromatic carbocycles. The minimum Gasteiger partial charge on any atom is -0.493 e. The Morgan fingerprint density at radius 2 is 1.62 bits per heavy atom. The van der Waals surface area contributed by atoms with Crippen LogP contribution in [0.15, 0.2) is 36.4 Å². The van der Waals surface area contributed by atoms with Crippen LogP contribution in [0, 0.1) is 0 Å². The Morgan fingerprint density at radius 1 is 1.00 bits per heavy atom. The van der Waals surface area contributed by atoms with E-state index in [1.807, 2.05) is 12.1 Å². The van der Waals surface area contributed by atoms with Crippen LogP contribution in [0.1, 0.15) is 42.4 Å². The van der Waals surface area contributed by atoms with Gasteiger partial charge in [0.05, 0.1) is 19.2 Å². The van der Waals surface area contributed by atoms with Crippen molar-refractivity contribution in [3.63, 3.8) is 0 Å². The van der Waals surface area contributed by atoms with Crippen molar-refractivity contribution in [1.82, 2.24) is 0 Å². The van der Waals surface area contributed by atoms with E-state index in [1.165, 1.54) is 11.1 Å². The van der Waals surface area contributed by atoms with Gasteiger partial charge < -0.3 is 15.2 Å². The number of hydrogen-bond acceptors (Lipinski definition) is 3. The summed E-state index contributed by atoms with van der Waals surface area (Å²) in [6.07, 6.45) is 0.803. The first-order valence-corrected chi connectivity index (χ1v) is 8.58. The molecule has 130 valence electrons. The molecule has 0 aromatic heterocycles. The predicted molar refractivity (Wildman–Crippen MR) is 101 cm³/mol. The molecule has 0 radical (unpaired) electrons. The van der Waals surface area contributed by atoms with Gasteiger partial charge in [0.25, 0.3) is 0 Å². The third-order valence-corrected chi connectivity index (χ3v) is 4.62. The van der Waals surface area contributed by atoms with E-state index in [9.17, 15) is 0 Å². The van der Waals surface area contributed by atoms with Crippen LogP contribution < -0.4 is 15.2 Å². The highest BCUT2D eigenvalue weighted by molar-refractivity contribution is 6.32. The summed E-state index contributed by atoms with van der Waals surface area (Å²) in [7, 11) is 3.20. The van der Waals surface area contributed by atoms with Crippen molar-refractivity contribution in [3.05, 3.63) is 58.1 Å². The summed E-state index contributed by atoms with van der Waals surface area (Å²) in [6, 6.07) is 12.6. The molecule has 2 aromatic rings. The van der Waals surface area contributed by atoms with Crippen LogP contribution in [0.2, 0.25) is 5.02 Å². The van der Waals surface area contributed by atoms with Crippen molar-refractivity contribution in [3.8, 4) is 11.5 Å². The molecule has 0 aliphatic heterocycles. The molecule has 24 heavy (non-hydrogen) atoms. The van der Waals surface area contributed by atoms with Gasteiger partial charge in [0.15, 0.2) is 11.5 Å². The van der Waals surface area contributed by atoms with Crippen molar-refractivity contribution in [2.75, 3.05) is 20.8 Å². The van der Waals surface area contributed by atoms with E-state index >= 15 is 0 Å². The Kier molecular flexibility index (Phi) is 6.52. The number of ether oxygens (including phenoxy) is 2. The topological polar surface area (TPSA) is 44.5 Å². The Morgan fingerprint density at radius 3 is 2.12 bits per heavy atom. The molecular weight excluding hydrogens is 322 g/mol. The first-order chi connectivity index (χ1) is 11.5. The van der Waals surface area contributed by atoms with Crippen LogP contribution in [-0.2, 0) is 6.42 Å². The van der Waals surface area contributed by atoms with Crippen molar-refractivity contribution >= 4 is 11.6 Å². The number of methoxy groups -OCH3 is 2. The Balaban J connectivity index is 2.25. The van der Waals surface area contributed by atoms with Gasteiger partial charge in [-0.25, -0.2) is 0 Å². The molecule has 0 aliphatic carbocycles. The molecule has 1 unspecified atom stereocenters. The highest BCUT2D eigenvalue weighted by atomic mass is 35.5. The van der Waals surface area contributed by atoms with Crippen LogP contribution in [0.4, 0.5) is 0 Å². The molecule has 1 atom stereocenters. The summed E-state index contributed by atoms with van der Waals surface area (Å²) in [6.45, 7) is 4.97. The molecule has 4 heteroatoms. The molecule has 0 spiro atoms. The fourth-order valence-corrected chi connectivity index (χ4v) is 3.17. The molecule has 2 rings (SSSR count). The molecule has 0 saturated carbocycles. The monoisotopic (exact) mass is 347 g/mol. The zero-order valence-corrected chi connectivity index (χ0v) is 15.6. The molecule has 0 saturated heterocycles. The lowest BCUT2D eigenvalue weighted by Gasteiger charge is -2.18. The van der Waals surface area contributed by atoms with Crippen molar-refractivity contribution in [2.45, 2.75) is 32.1 Å². The summed E-state index contributed by atoms with van der Waals surface area (Å²) in [5.74, 6) is 1.97. The zero-order chi connectivity index (χ0) is 17.7. The minimum atomic E-state index is 0.236. The number of halogens is 1. The van der Waals surface area contributed by atoms with E-state index in [2.05, 4.69) is 38.1 Å². The summed E-state index contributed by atoms with van der Waals surface area (Å²) in [4.78, 5) is 0. The van der Waals surface area contributed by atoms with Crippen molar-refractivity contribution < 1.29 is 9.47 Å². The first-order valence-electron chi connectivity index (χ1n) is 8.20. The van der Waals surface area contributed by atoms with Crippen LogP contribution >= 0.6 is 11.6 Å². The highest BCUT2D eigenvalue weighted by Crippen LogP contribution is 2.37. The van der Waals surface area contributed by atoms with Crippen LogP contribution in [0.25, 0.3) is 0 Å². The van der Waals surface area contributed by atoms with Gasteiger partial charge in [-0.2, -0.15) is 0 Å². The lowest BCUT2D eigenvalue weighted by Crippen LogP contribution is -2.15. The van der Waals surface area contributed by atoms with Gasteiger partial charge in [0.1, 0.15) is 0 Å². The lowest BCUT2D eigenvalue weighted by atomic mass is 9.90. The Bertz CT molecular complexity index is 668. The van der Waals surface area contributed by atoms with Crippen molar-refractivity contribution in [2.24, 2.45) is 5.73 Å². The summed E-state index contributed by atoms with van der Waals surface area (Å²) in [5, 5.41) is 0.553. The fraction of sp³-hybridized carbons (Fsp3) is 0.400. The van der Waals surface area contributed by atoms with Gasteiger partial charge in [-0.3, -0.25) is 0 Å². The predicted octanol–water partition coefficient (Wildman–Crippen LogP) is 4.77. The smallest absolute Gasteiger partial charge is 0.179 e. The van der Waals surface area contributed by atoms with Gasteiger partial charge in [0.2, 0.25) is 0 Å². The van der Waals surface area contributed by atoms with E-state index in [4.69, 9.17) is 26.8 Å². The molecule has 0 aliphatic rings. The number of benzene rings is 2. The third kappa shape index (κ3) is 4.22. The summed E-state index contributed by atoms with van der Waals surface area (Å²) >= 11 is 6.31. The van der Waals surface area contributed by atoms with Crippen LogP contribution in [0.5, 0.6) is 11.5 Å². The molecule has 3 nitrogen and oxygen atoms in total. The number of nitrogens with two attached hydrogens (primary N) is 1. The molecule has 0 heterocycles. The van der Waals surface area contributed by atoms with E-state index in [0.717, 1.165) is 12.0 Å². The number of rotatable bonds is 7. The maximum atomic E-state index is 6.31. The molecule has 0 amide bonds. The van der Waals surface area contributed by atoms with Gasteiger partial charge in [-0.15, -0.1) is 0 Å². The Hall–Kier alpha value is -1.71. The largest absolute Gasteiger partial charge is 0.493 e. The SMILES string of the molecule is COc1cc(CC(CN)c2ccc(C(C)C)cc2)cc(Cl)c1OC. The van der Waals surface area contributed by atoms with Crippen LogP contribution in [-0.4, -0.2) is 20.8 Å². The minimum absolute atomic E-state index is 0.236. The summed E-state index contributed by atoms with van der Waals surface area (Å²) in [5.41, 5.74) is 9.69. The normalized spacial score (nSPS) is 12.3. The molecular formula is C20H26ClNO2. The Labute approximate surface area is 149 Å². The van der Waals surface area contributed by atoms with Gasteiger partial charge in [-0.1, -0.05) is 49.7 Å². The maximum absolute atomic E-state index is 6.31. The average molecular weight is 348 g/mol. The van der Waals surface area contributed by atoms with Crippen molar-refractivity contribution in [1.29, 1.82) is 0 Å². The van der Waals surface area contributed by atoms with Gasteiger partial charge in [0, 0.05) is 5.92 Å². The van der Waals surface area contributed by atoms with Gasteiger partial charge in [-0.05, 0) is 47.7 Å². The third-order valence-electron chi connectivity index (χ3n) is 4.33.